The molecule has 0 spiro atoms. The second-order valence-corrected chi connectivity index (χ2v) is 4.21. The zero-order valence-electron chi connectivity index (χ0n) is 6.50. The molecule has 1 rings (SSSR count). The zero-order valence-corrected chi connectivity index (χ0v) is 7.32. The normalized spacial score (nSPS) is 30.6. The first-order valence-electron chi connectivity index (χ1n) is 3.62. The molecular formula is C7H12O3S. The fourth-order valence-electron chi connectivity index (χ4n) is 1.08. The van der Waals surface area contributed by atoms with Gasteiger partial charge in [-0.25, -0.2) is 0 Å². The average Bonchev–Trinajstić information content (AvgIpc) is 2.33. The van der Waals surface area contributed by atoms with Gasteiger partial charge in [0.2, 0.25) is 0 Å². The van der Waals surface area contributed by atoms with Crippen molar-refractivity contribution in [3.63, 3.8) is 0 Å². The van der Waals surface area contributed by atoms with E-state index >= 15 is 0 Å². The SMILES string of the molecule is C[C@]1(SCC(=O)O)CCCO1. The summed E-state index contributed by atoms with van der Waals surface area (Å²) in [5, 5.41) is 8.41. The smallest absolute Gasteiger partial charge is 0.313 e. The number of thioether (sulfide) groups is 1. The van der Waals surface area contributed by atoms with Crippen molar-refractivity contribution in [2.45, 2.75) is 24.7 Å². The third-order valence-electron chi connectivity index (χ3n) is 1.68. The van der Waals surface area contributed by atoms with Crippen LogP contribution in [0.15, 0.2) is 0 Å². The lowest BCUT2D eigenvalue weighted by molar-refractivity contribution is -0.134. The number of ether oxygens (including phenoxy) is 1. The van der Waals surface area contributed by atoms with E-state index in [1.807, 2.05) is 6.92 Å². The van der Waals surface area contributed by atoms with Crippen LogP contribution in [-0.2, 0) is 9.53 Å². The molecule has 0 radical (unpaired) electrons. The van der Waals surface area contributed by atoms with E-state index in [1.165, 1.54) is 11.8 Å². The summed E-state index contributed by atoms with van der Waals surface area (Å²) in [4.78, 5) is 9.98. The van der Waals surface area contributed by atoms with Crippen LogP contribution >= 0.6 is 11.8 Å². The van der Waals surface area contributed by atoms with Crippen LogP contribution < -0.4 is 0 Å². The Bertz CT molecular complexity index is 152. The molecule has 0 amide bonds. The summed E-state index contributed by atoms with van der Waals surface area (Å²) in [5.41, 5.74) is 0. The molecule has 4 heteroatoms. The molecule has 0 aliphatic carbocycles. The van der Waals surface area contributed by atoms with Crippen molar-refractivity contribution in [1.82, 2.24) is 0 Å². The largest absolute Gasteiger partial charge is 0.481 e. The molecule has 1 N–H and O–H groups in total. The molecule has 0 bridgehead atoms. The van der Waals surface area contributed by atoms with Gasteiger partial charge in [0.1, 0.15) is 4.93 Å². The molecule has 1 aliphatic heterocycles. The van der Waals surface area contributed by atoms with Crippen molar-refractivity contribution in [1.29, 1.82) is 0 Å². The van der Waals surface area contributed by atoms with E-state index in [0.29, 0.717) is 0 Å². The van der Waals surface area contributed by atoms with Gasteiger partial charge in [0, 0.05) is 6.61 Å². The van der Waals surface area contributed by atoms with E-state index in [2.05, 4.69) is 0 Å². The molecule has 0 saturated carbocycles. The van der Waals surface area contributed by atoms with Gasteiger partial charge in [-0.1, -0.05) is 0 Å². The third kappa shape index (κ3) is 2.71. The molecule has 0 aromatic heterocycles. The standard InChI is InChI=1S/C7H12O3S/c1-7(3-2-4-10-7)11-5-6(8)9/h2-5H2,1H3,(H,8,9)/t7-/m0/s1. The number of carboxylic acids is 1. The van der Waals surface area contributed by atoms with Gasteiger partial charge in [-0.15, -0.1) is 11.8 Å². The van der Waals surface area contributed by atoms with E-state index in [4.69, 9.17) is 9.84 Å². The summed E-state index contributed by atoms with van der Waals surface area (Å²) in [6, 6.07) is 0. The van der Waals surface area contributed by atoms with Crippen molar-refractivity contribution in [3.8, 4) is 0 Å². The third-order valence-corrected chi connectivity index (χ3v) is 3.01. The molecule has 3 nitrogen and oxygen atoms in total. The Hall–Kier alpha value is -0.220. The summed E-state index contributed by atoms with van der Waals surface area (Å²) in [5.74, 6) is -0.636. The van der Waals surface area contributed by atoms with E-state index < -0.39 is 5.97 Å². The van der Waals surface area contributed by atoms with Gasteiger partial charge in [-0.3, -0.25) is 4.79 Å². The van der Waals surface area contributed by atoms with Crippen LogP contribution in [0.5, 0.6) is 0 Å². The highest BCUT2D eigenvalue weighted by Crippen LogP contribution is 2.35. The molecular weight excluding hydrogens is 164 g/mol. The maximum atomic E-state index is 10.2. The van der Waals surface area contributed by atoms with E-state index in [0.717, 1.165) is 19.4 Å². The summed E-state index contributed by atoms with van der Waals surface area (Å²) in [6.07, 6.45) is 2.01. The molecule has 11 heavy (non-hydrogen) atoms. The van der Waals surface area contributed by atoms with Gasteiger partial charge in [-0.05, 0) is 19.8 Å². The number of rotatable bonds is 3. The van der Waals surface area contributed by atoms with Crippen LogP contribution in [0.1, 0.15) is 19.8 Å². The number of carboxylic acid groups (broad SMARTS) is 1. The lowest BCUT2D eigenvalue weighted by Crippen LogP contribution is -2.20. The minimum atomic E-state index is -0.772. The van der Waals surface area contributed by atoms with Crippen molar-refractivity contribution >= 4 is 17.7 Å². The Morgan fingerprint density at radius 3 is 3.00 bits per heavy atom. The summed E-state index contributed by atoms with van der Waals surface area (Å²) >= 11 is 1.37. The fraction of sp³-hybridized carbons (Fsp3) is 0.857. The van der Waals surface area contributed by atoms with Gasteiger partial charge in [0.15, 0.2) is 0 Å². The highest BCUT2D eigenvalue weighted by molar-refractivity contribution is 8.01. The second kappa shape index (κ2) is 3.45. The summed E-state index contributed by atoms with van der Waals surface area (Å²) in [6.45, 7) is 2.72. The topological polar surface area (TPSA) is 46.5 Å². The quantitative estimate of drug-likeness (QED) is 0.704. The molecule has 0 aromatic rings. The van der Waals surface area contributed by atoms with Crippen LogP contribution in [-0.4, -0.2) is 28.4 Å². The molecule has 1 heterocycles. The van der Waals surface area contributed by atoms with E-state index in [9.17, 15) is 4.79 Å². The van der Waals surface area contributed by atoms with Crippen LogP contribution in [0, 0.1) is 0 Å². The van der Waals surface area contributed by atoms with Gasteiger partial charge in [0.25, 0.3) is 0 Å². The van der Waals surface area contributed by atoms with Crippen molar-refractivity contribution < 1.29 is 14.6 Å². The molecule has 1 aliphatic rings. The van der Waals surface area contributed by atoms with Gasteiger partial charge >= 0.3 is 5.97 Å². The van der Waals surface area contributed by atoms with Crippen molar-refractivity contribution in [2.24, 2.45) is 0 Å². The number of carbonyl (C=O) groups is 1. The minimum absolute atomic E-state index is 0.135. The number of hydrogen-bond acceptors (Lipinski definition) is 3. The van der Waals surface area contributed by atoms with E-state index in [1.54, 1.807) is 0 Å². The Morgan fingerprint density at radius 2 is 2.55 bits per heavy atom. The van der Waals surface area contributed by atoms with E-state index in [-0.39, 0.29) is 10.7 Å². The van der Waals surface area contributed by atoms with Gasteiger partial charge in [-0.2, -0.15) is 0 Å². The monoisotopic (exact) mass is 176 g/mol. The molecule has 0 aromatic carbocycles. The van der Waals surface area contributed by atoms with Crippen LogP contribution in [0.3, 0.4) is 0 Å². The lowest BCUT2D eigenvalue weighted by Gasteiger charge is -2.20. The van der Waals surface area contributed by atoms with Crippen LogP contribution in [0.25, 0.3) is 0 Å². The predicted octanol–water partition coefficient (Wildman–Crippen LogP) is 1.33. The first-order chi connectivity index (χ1) is 5.12. The Kier molecular flexibility index (Phi) is 2.78. The predicted molar refractivity (Wildman–Crippen MR) is 43.7 cm³/mol. The minimum Gasteiger partial charge on any atom is -0.481 e. The Labute approximate surface area is 70.1 Å². The molecule has 1 fully saturated rings. The van der Waals surface area contributed by atoms with Gasteiger partial charge in [0.05, 0.1) is 5.75 Å². The molecule has 1 saturated heterocycles. The zero-order chi connectivity index (χ0) is 8.32. The highest BCUT2D eigenvalue weighted by atomic mass is 32.2. The lowest BCUT2D eigenvalue weighted by atomic mass is 10.3. The first-order valence-corrected chi connectivity index (χ1v) is 4.61. The maximum absolute atomic E-state index is 10.2. The summed E-state index contributed by atoms with van der Waals surface area (Å²) in [7, 11) is 0. The number of aliphatic carboxylic acids is 1. The van der Waals surface area contributed by atoms with Crippen LogP contribution in [0.2, 0.25) is 0 Å². The first kappa shape index (κ1) is 8.87. The fourth-order valence-corrected chi connectivity index (χ4v) is 1.97. The summed E-state index contributed by atoms with van der Waals surface area (Å²) < 4.78 is 5.39. The van der Waals surface area contributed by atoms with Crippen LogP contribution in [0.4, 0.5) is 0 Å². The maximum Gasteiger partial charge on any atom is 0.313 e. The average molecular weight is 176 g/mol. The van der Waals surface area contributed by atoms with Crippen molar-refractivity contribution in [3.05, 3.63) is 0 Å². The highest BCUT2D eigenvalue weighted by Gasteiger charge is 2.30. The van der Waals surface area contributed by atoms with Crippen molar-refractivity contribution in [2.75, 3.05) is 12.4 Å². The second-order valence-electron chi connectivity index (χ2n) is 2.77. The Balaban J connectivity index is 2.28. The van der Waals surface area contributed by atoms with Gasteiger partial charge < -0.3 is 9.84 Å². The molecule has 1 atom stereocenters. The Morgan fingerprint density at radius 1 is 1.82 bits per heavy atom. The number of hydrogen-bond donors (Lipinski definition) is 1. The molecule has 64 valence electrons. The molecule has 0 unspecified atom stereocenters.